The summed E-state index contributed by atoms with van der Waals surface area (Å²) in [5, 5.41) is 14.1. The molecule has 2 aliphatic heterocycles. The molecule has 0 unspecified atom stereocenters. The summed E-state index contributed by atoms with van der Waals surface area (Å²) in [6, 6.07) is 15.8. The number of carbonyl (C=O) groups is 2. The van der Waals surface area contributed by atoms with Gasteiger partial charge in [-0.2, -0.15) is 0 Å². The van der Waals surface area contributed by atoms with Crippen LogP contribution < -0.4 is 10.2 Å². The predicted octanol–water partition coefficient (Wildman–Crippen LogP) is 5.11. The number of hydrogen-bond acceptors (Lipinski definition) is 4. The van der Waals surface area contributed by atoms with E-state index in [-0.39, 0.29) is 11.3 Å². The van der Waals surface area contributed by atoms with Crippen molar-refractivity contribution < 1.29 is 14.7 Å². The lowest BCUT2D eigenvalue weighted by molar-refractivity contribution is 0.0996. The van der Waals surface area contributed by atoms with Crippen molar-refractivity contribution in [3.63, 3.8) is 0 Å². The molecule has 2 aromatic carbocycles. The smallest absolute Gasteiger partial charge is 0.407 e. The predicted molar refractivity (Wildman–Crippen MR) is 138 cm³/mol. The number of amides is 2. The van der Waals surface area contributed by atoms with Crippen LogP contribution in [0.4, 0.5) is 16.2 Å². The lowest BCUT2D eigenvalue weighted by Gasteiger charge is -2.39. The molecule has 36 heavy (non-hydrogen) atoms. The minimum atomic E-state index is -0.925. The first-order valence-electron chi connectivity index (χ1n) is 12.0. The maximum Gasteiger partial charge on any atom is 0.407 e. The Bertz CT molecular complexity index is 1520. The second-order valence-electron chi connectivity index (χ2n) is 10.2. The third-order valence-electron chi connectivity index (χ3n) is 7.29. The maximum atomic E-state index is 13.6. The van der Waals surface area contributed by atoms with E-state index in [2.05, 4.69) is 29.1 Å². The van der Waals surface area contributed by atoms with Crippen molar-refractivity contribution in [3.05, 3.63) is 88.7 Å². The molecule has 8 heteroatoms. The number of carboxylic acid groups (broad SMARTS) is 1. The first kappa shape index (κ1) is 22.2. The molecule has 0 fully saturated rings. The molecule has 0 aliphatic carbocycles. The number of hydrogen-bond donors (Lipinski definition) is 3. The Hall–Kier alpha value is -4.33. The fraction of sp³-hybridized carbons (Fsp3) is 0.250. The summed E-state index contributed by atoms with van der Waals surface area (Å²) in [6.45, 7) is 5.92. The molecule has 0 spiro atoms. The molecule has 2 aliphatic rings. The van der Waals surface area contributed by atoms with Crippen LogP contribution in [-0.4, -0.2) is 38.5 Å². The van der Waals surface area contributed by atoms with Gasteiger partial charge in [-0.3, -0.25) is 4.79 Å². The Morgan fingerprint density at radius 2 is 2.00 bits per heavy atom. The quantitative estimate of drug-likeness (QED) is 0.376. The van der Waals surface area contributed by atoms with Crippen molar-refractivity contribution in [3.8, 4) is 0 Å². The number of carbonyl (C=O) groups excluding carboxylic acids is 1. The lowest BCUT2D eigenvalue weighted by atomic mass is 9.78. The van der Waals surface area contributed by atoms with Crippen molar-refractivity contribution >= 4 is 34.4 Å². The van der Waals surface area contributed by atoms with Crippen LogP contribution >= 0.6 is 0 Å². The molecule has 0 bridgehead atoms. The van der Waals surface area contributed by atoms with E-state index in [1.54, 1.807) is 11.1 Å². The van der Waals surface area contributed by atoms with Gasteiger partial charge in [0.2, 0.25) is 0 Å². The first-order chi connectivity index (χ1) is 17.3. The van der Waals surface area contributed by atoms with E-state index in [4.69, 9.17) is 0 Å². The van der Waals surface area contributed by atoms with E-state index in [1.165, 1.54) is 4.90 Å². The Kier molecular flexibility index (Phi) is 5.00. The summed E-state index contributed by atoms with van der Waals surface area (Å²) in [5.41, 5.74) is 6.93. The summed E-state index contributed by atoms with van der Waals surface area (Å²) in [5.74, 6) is -0.0567. The van der Waals surface area contributed by atoms with Crippen molar-refractivity contribution in [1.29, 1.82) is 0 Å². The van der Waals surface area contributed by atoms with Crippen LogP contribution in [0.3, 0.4) is 0 Å². The van der Waals surface area contributed by atoms with Crippen molar-refractivity contribution in [2.24, 2.45) is 0 Å². The normalized spacial score (nSPS) is 16.2. The van der Waals surface area contributed by atoms with E-state index >= 15 is 0 Å². The molecule has 0 radical (unpaired) electrons. The molecule has 2 amide bonds. The Labute approximate surface area is 208 Å². The van der Waals surface area contributed by atoms with Crippen LogP contribution in [-0.2, 0) is 25.0 Å². The topological polar surface area (TPSA) is 102 Å². The maximum absolute atomic E-state index is 13.6. The lowest BCUT2D eigenvalue weighted by Crippen LogP contribution is -2.44. The second kappa shape index (κ2) is 8.12. The van der Waals surface area contributed by atoms with Crippen LogP contribution in [0.5, 0.6) is 0 Å². The van der Waals surface area contributed by atoms with Crippen molar-refractivity contribution in [1.82, 2.24) is 14.9 Å². The summed E-state index contributed by atoms with van der Waals surface area (Å²) in [4.78, 5) is 36.1. The van der Waals surface area contributed by atoms with E-state index in [0.717, 1.165) is 44.7 Å². The van der Waals surface area contributed by atoms with Gasteiger partial charge in [-0.1, -0.05) is 32.0 Å². The summed E-state index contributed by atoms with van der Waals surface area (Å²) in [6.07, 6.45) is 2.77. The van der Waals surface area contributed by atoms with Crippen LogP contribution in [0.1, 0.15) is 46.5 Å². The number of pyridine rings is 1. The number of benzene rings is 2. The fourth-order valence-corrected chi connectivity index (χ4v) is 5.56. The molecule has 4 heterocycles. The van der Waals surface area contributed by atoms with Crippen LogP contribution in [0.25, 0.3) is 11.0 Å². The van der Waals surface area contributed by atoms with Crippen molar-refractivity contribution in [2.45, 2.75) is 38.9 Å². The molecule has 8 nitrogen and oxygen atoms in total. The van der Waals surface area contributed by atoms with Gasteiger partial charge < -0.3 is 25.2 Å². The molecule has 0 saturated carbocycles. The van der Waals surface area contributed by atoms with Crippen LogP contribution in [0.15, 0.2) is 60.9 Å². The largest absolute Gasteiger partial charge is 0.465 e. The molecule has 3 N–H and O–H groups in total. The number of nitrogens with one attached hydrogen (secondary N) is 2. The van der Waals surface area contributed by atoms with E-state index < -0.39 is 6.09 Å². The average Bonchev–Trinajstić information content (AvgIpc) is 3.43. The zero-order chi connectivity index (χ0) is 25.0. The van der Waals surface area contributed by atoms with Gasteiger partial charge in [-0.15, -0.1) is 0 Å². The number of nitrogens with zero attached hydrogens (tertiary/aromatic N) is 3. The summed E-state index contributed by atoms with van der Waals surface area (Å²) < 4.78 is 0. The number of anilines is 2. The number of aromatic nitrogens is 2. The zero-order valence-corrected chi connectivity index (χ0v) is 20.2. The van der Waals surface area contributed by atoms with Crippen LogP contribution in [0.2, 0.25) is 0 Å². The van der Waals surface area contributed by atoms with Gasteiger partial charge in [0, 0.05) is 54.2 Å². The highest BCUT2D eigenvalue weighted by atomic mass is 16.4. The third kappa shape index (κ3) is 3.57. The second-order valence-corrected chi connectivity index (χ2v) is 10.2. The van der Waals surface area contributed by atoms with Gasteiger partial charge in [0.1, 0.15) is 5.65 Å². The minimum absolute atomic E-state index is 0.0567. The highest BCUT2D eigenvalue weighted by molar-refractivity contribution is 6.13. The molecule has 0 saturated heterocycles. The van der Waals surface area contributed by atoms with E-state index in [0.29, 0.717) is 31.7 Å². The van der Waals surface area contributed by atoms with Gasteiger partial charge in [0.15, 0.2) is 0 Å². The average molecular weight is 482 g/mol. The highest BCUT2D eigenvalue weighted by Gasteiger charge is 2.36. The minimum Gasteiger partial charge on any atom is -0.465 e. The molecule has 6 rings (SSSR count). The molecule has 4 aromatic rings. The van der Waals surface area contributed by atoms with Gasteiger partial charge in [-0.25, -0.2) is 9.78 Å². The number of fused-ring (bicyclic) bond motifs is 3. The Balaban J connectivity index is 1.28. The Morgan fingerprint density at radius 1 is 1.14 bits per heavy atom. The monoisotopic (exact) mass is 481 g/mol. The van der Waals surface area contributed by atoms with Gasteiger partial charge in [0.05, 0.1) is 12.1 Å². The third-order valence-corrected chi connectivity index (χ3v) is 7.29. The Morgan fingerprint density at radius 3 is 2.83 bits per heavy atom. The molecule has 0 atom stereocenters. The number of aromatic amines is 1. The van der Waals surface area contributed by atoms with Gasteiger partial charge >= 0.3 is 6.09 Å². The standard InChI is InChI=1S/C28H27N5O3/c1-28(2)16-32(27(35)36)14-18-11-20(8-9-22(18)28)33-15-17-5-3-7-23(24(17)26(33)34)30-12-19-13-31-25-21(19)6-4-10-29-25/h3-11,13,30H,12,14-16H2,1-2H3,(H,29,31)(H,35,36). The highest BCUT2D eigenvalue weighted by Crippen LogP contribution is 2.38. The molecule has 2 aromatic heterocycles. The molecular formula is C28H27N5O3. The van der Waals surface area contributed by atoms with Crippen LogP contribution in [0, 0.1) is 0 Å². The zero-order valence-electron chi connectivity index (χ0n) is 20.2. The van der Waals surface area contributed by atoms with E-state index in [1.807, 2.05) is 54.7 Å². The molecular weight excluding hydrogens is 454 g/mol. The van der Waals surface area contributed by atoms with Crippen molar-refractivity contribution in [2.75, 3.05) is 16.8 Å². The number of rotatable bonds is 4. The molecule has 182 valence electrons. The summed E-state index contributed by atoms with van der Waals surface area (Å²) >= 11 is 0. The van der Waals surface area contributed by atoms with Gasteiger partial charge in [0.25, 0.3) is 5.91 Å². The SMILES string of the molecule is CC1(C)CN(C(=O)O)Cc2cc(N3Cc4cccc(NCc5c[nH]c6ncccc56)c4C3=O)ccc21. The fourth-order valence-electron chi connectivity index (χ4n) is 5.56. The summed E-state index contributed by atoms with van der Waals surface area (Å²) in [7, 11) is 0. The van der Waals surface area contributed by atoms with Gasteiger partial charge in [-0.05, 0) is 52.6 Å². The first-order valence-corrected chi connectivity index (χ1v) is 12.0. The van der Waals surface area contributed by atoms with E-state index in [9.17, 15) is 14.7 Å². The number of H-pyrrole nitrogens is 1.